The summed E-state index contributed by atoms with van der Waals surface area (Å²) >= 11 is -1.52. The highest BCUT2D eigenvalue weighted by Crippen LogP contribution is 1.91. The SMILES string of the molecule is CCCOS(=O)OCCC. The summed E-state index contributed by atoms with van der Waals surface area (Å²) < 4.78 is 20.1. The molecule has 62 valence electrons. The molecule has 0 aliphatic carbocycles. The van der Waals surface area contributed by atoms with E-state index in [1.165, 1.54) is 0 Å². The van der Waals surface area contributed by atoms with E-state index in [4.69, 9.17) is 8.37 Å². The van der Waals surface area contributed by atoms with Gasteiger partial charge in [-0.1, -0.05) is 13.8 Å². The molecule has 4 heteroatoms. The summed E-state index contributed by atoms with van der Waals surface area (Å²) in [5.74, 6) is 0. The second kappa shape index (κ2) is 7.18. The number of hydrogen-bond acceptors (Lipinski definition) is 3. The van der Waals surface area contributed by atoms with Crippen LogP contribution in [0, 0.1) is 0 Å². The molecule has 0 aromatic rings. The smallest absolute Gasteiger partial charge is 0.268 e. The average Bonchev–Trinajstić information content (AvgIpc) is 1.97. The van der Waals surface area contributed by atoms with Crippen LogP contribution in [0.5, 0.6) is 0 Å². The molecule has 0 N–H and O–H groups in total. The molecule has 3 nitrogen and oxygen atoms in total. The molecule has 0 rings (SSSR count). The molecule has 0 aliphatic rings. The summed E-state index contributed by atoms with van der Waals surface area (Å²) in [5, 5.41) is 0. The maximum Gasteiger partial charge on any atom is 0.304 e. The predicted octanol–water partition coefficient (Wildman–Crippen LogP) is 1.42. The van der Waals surface area contributed by atoms with Crippen molar-refractivity contribution in [1.82, 2.24) is 0 Å². The van der Waals surface area contributed by atoms with Gasteiger partial charge in [0.25, 0.3) is 0 Å². The third-order valence-electron chi connectivity index (χ3n) is 0.767. The van der Waals surface area contributed by atoms with Gasteiger partial charge in [0, 0.05) is 0 Å². The topological polar surface area (TPSA) is 35.5 Å². The molecule has 0 atom stereocenters. The summed E-state index contributed by atoms with van der Waals surface area (Å²) in [5.41, 5.74) is 0. The van der Waals surface area contributed by atoms with Crippen LogP contribution < -0.4 is 0 Å². The maximum absolute atomic E-state index is 10.6. The van der Waals surface area contributed by atoms with Crippen LogP contribution in [0.25, 0.3) is 0 Å². The summed E-state index contributed by atoms with van der Waals surface area (Å²) in [6.07, 6.45) is 1.72. The molecule has 0 aromatic heterocycles. The molecule has 10 heavy (non-hydrogen) atoms. The lowest BCUT2D eigenvalue weighted by atomic mass is 10.5. The van der Waals surface area contributed by atoms with Crippen molar-refractivity contribution >= 4 is 11.4 Å². The van der Waals surface area contributed by atoms with E-state index in [0.717, 1.165) is 12.8 Å². The molecule has 0 saturated heterocycles. The van der Waals surface area contributed by atoms with Crippen LogP contribution in [0.3, 0.4) is 0 Å². The minimum absolute atomic E-state index is 0.496. The van der Waals surface area contributed by atoms with Crippen molar-refractivity contribution in [2.24, 2.45) is 0 Å². The predicted molar refractivity (Wildman–Crippen MR) is 40.6 cm³/mol. The molecule has 0 saturated carbocycles. The fourth-order valence-corrected chi connectivity index (χ4v) is 1.01. The Balaban J connectivity index is 3.09. The van der Waals surface area contributed by atoms with Crippen LogP contribution in [0.4, 0.5) is 0 Å². The second-order valence-electron chi connectivity index (χ2n) is 1.85. The molecule has 0 heterocycles. The van der Waals surface area contributed by atoms with E-state index in [1.807, 2.05) is 13.8 Å². The Kier molecular flexibility index (Phi) is 7.23. The third-order valence-corrected chi connectivity index (χ3v) is 1.49. The van der Waals surface area contributed by atoms with Crippen LogP contribution >= 0.6 is 0 Å². The fourth-order valence-electron chi connectivity index (χ4n) is 0.337. The van der Waals surface area contributed by atoms with E-state index in [2.05, 4.69) is 0 Å². The Morgan fingerprint density at radius 3 is 1.80 bits per heavy atom. The number of hydrogen-bond donors (Lipinski definition) is 0. The molecule has 0 unspecified atom stereocenters. The van der Waals surface area contributed by atoms with Gasteiger partial charge < -0.3 is 0 Å². The Morgan fingerprint density at radius 2 is 1.50 bits per heavy atom. The average molecular weight is 166 g/mol. The Hall–Kier alpha value is 0.0700. The van der Waals surface area contributed by atoms with E-state index >= 15 is 0 Å². The number of rotatable bonds is 6. The van der Waals surface area contributed by atoms with Gasteiger partial charge in [0.05, 0.1) is 13.2 Å². The van der Waals surface area contributed by atoms with Gasteiger partial charge in [-0.05, 0) is 12.8 Å². The van der Waals surface area contributed by atoms with E-state index in [9.17, 15) is 4.21 Å². The quantitative estimate of drug-likeness (QED) is 0.598. The second-order valence-corrected chi connectivity index (χ2v) is 2.73. The monoisotopic (exact) mass is 166 g/mol. The largest absolute Gasteiger partial charge is 0.304 e. The minimum Gasteiger partial charge on any atom is -0.268 e. The van der Waals surface area contributed by atoms with Crippen molar-refractivity contribution in [2.75, 3.05) is 13.2 Å². The van der Waals surface area contributed by atoms with Crippen LogP contribution in [-0.2, 0) is 19.7 Å². The van der Waals surface area contributed by atoms with Crippen molar-refractivity contribution in [2.45, 2.75) is 26.7 Å². The Bertz CT molecular complexity index is 85.0. The third kappa shape index (κ3) is 6.19. The molecule has 0 bridgehead atoms. The highest BCUT2D eigenvalue weighted by molar-refractivity contribution is 7.75. The molecular weight excluding hydrogens is 152 g/mol. The van der Waals surface area contributed by atoms with Crippen LogP contribution in [0.2, 0.25) is 0 Å². The summed E-state index contributed by atoms with van der Waals surface area (Å²) in [7, 11) is 0. The van der Waals surface area contributed by atoms with E-state index < -0.39 is 11.4 Å². The molecule has 0 spiro atoms. The van der Waals surface area contributed by atoms with Gasteiger partial charge in [0.1, 0.15) is 0 Å². The lowest BCUT2D eigenvalue weighted by Crippen LogP contribution is -2.03. The normalized spacial score (nSPS) is 10.7. The van der Waals surface area contributed by atoms with Gasteiger partial charge in [-0.15, -0.1) is 0 Å². The minimum atomic E-state index is -1.52. The first-order valence-electron chi connectivity index (χ1n) is 3.49. The molecule has 0 aromatic carbocycles. The van der Waals surface area contributed by atoms with E-state index in [1.54, 1.807) is 0 Å². The zero-order valence-corrected chi connectivity index (χ0v) is 7.28. The van der Waals surface area contributed by atoms with Crippen LogP contribution in [-0.4, -0.2) is 17.4 Å². The van der Waals surface area contributed by atoms with Crippen molar-refractivity contribution in [3.05, 3.63) is 0 Å². The first-order valence-corrected chi connectivity index (χ1v) is 4.49. The zero-order chi connectivity index (χ0) is 7.82. The van der Waals surface area contributed by atoms with Crippen molar-refractivity contribution in [3.63, 3.8) is 0 Å². The molecule has 0 radical (unpaired) electrons. The highest BCUT2D eigenvalue weighted by atomic mass is 32.2. The molecule has 0 aliphatic heterocycles. The lowest BCUT2D eigenvalue weighted by Gasteiger charge is -1.99. The zero-order valence-electron chi connectivity index (χ0n) is 6.46. The van der Waals surface area contributed by atoms with Gasteiger partial charge in [-0.2, -0.15) is 4.21 Å². The van der Waals surface area contributed by atoms with Gasteiger partial charge in [0.15, 0.2) is 0 Å². The van der Waals surface area contributed by atoms with Gasteiger partial charge >= 0.3 is 11.4 Å². The van der Waals surface area contributed by atoms with Crippen LogP contribution in [0.1, 0.15) is 26.7 Å². The van der Waals surface area contributed by atoms with Gasteiger partial charge in [-0.25, -0.2) is 0 Å². The molecule has 0 amide bonds. The van der Waals surface area contributed by atoms with E-state index in [0.29, 0.717) is 13.2 Å². The van der Waals surface area contributed by atoms with Crippen molar-refractivity contribution in [3.8, 4) is 0 Å². The standard InChI is InChI=1S/C6H14O3S/c1-3-5-8-10(7)9-6-4-2/h3-6H2,1-2H3. The summed E-state index contributed by atoms with van der Waals surface area (Å²) in [6, 6.07) is 0. The Labute approximate surface area is 64.6 Å². The van der Waals surface area contributed by atoms with Crippen molar-refractivity contribution < 1.29 is 12.6 Å². The molecule has 0 fully saturated rings. The summed E-state index contributed by atoms with van der Waals surface area (Å²) in [4.78, 5) is 0. The van der Waals surface area contributed by atoms with Crippen LogP contribution in [0.15, 0.2) is 0 Å². The fraction of sp³-hybridized carbons (Fsp3) is 1.00. The van der Waals surface area contributed by atoms with E-state index in [-0.39, 0.29) is 0 Å². The Morgan fingerprint density at radius 1 is 1.10 bits per heavy atom. The van der Waals surface area contributed by atoms with Gasteiger partial charge in [-0.3, -0.25) is 8.37 Å². The first-order chi connectivity index (χ1) is 4.81. The highest BCUT2D eigenvalue weighted by Gasteiger charge is 1.96. The maximum atomic E-state index is 10.6. The summed E-state index contributed by atoms with van der Waals surface area (Å²) in [6.45, 7) is 4.90. The lowest BCUT2D eigenvalue weighted by molar-refractivity contribution is 0.250. The first kappa shape index (κ1) is 10.1. The van der Waals surface area contributed by atoms with Crippen molar-refractivity contribution in [1.29, 1.82) is 0 Å². The van der Waals surface area contributed by atoms with Gasteiger partial charge in [0.2, 0.25) is 0 Å². The molecular formula is C6H14O3S.